The number of hydrogen-bond donors (Lipinski definition) is 1. The van der Waals surface area contributed by atoms with Gasteiger partial charge >= 0.3 is 0 Å². The molecule has 0 aromatic carbocycles. The highest BCUT2D eigenvalue weighted by molar-refractivity contribution is 6.18. The predicted octanol–water partition coefficient (Wildman–Crippen LogP) is -0.457. The van der Waals surface area contributed by atoms with Gasteiger partial charge in [-0.2, -0.15) is 0 Å². The molecule has 0 saturated carbocycles. The molecule has 1 unspecified atom stereocenters. The molecule has 3 rings (SSSR count). The lowest BCUT2D eigenvalue weighted by atomic mass is 10.0. The highest BCUT2D eigenvalue weighted by Gasteiger charge is 2.37. The lowest BCUT2D eigenvalue weighted by Gasteiger charge is -2.22. The maximum absolute atomic E-state index is 10.1. The van der Waals surface area contributed by atoms with Crippen LogP contribution in [0.2, 0.25) is 0 Å². The summed E-state index contributed by atoms with van der Waals surface area (Å²) in [4.78, 5) is 33.6. The summed E-state index contributed by atoms with van der Waals surface area (Å²) in [5.41, 5.74) is -0.599. The van der Waals surface area contributed by atoms with E-state index in [4.69, 9.17) is 0 Å². The van der Waals surface area contributed by atoms with Gasteiger partial charge in [-0.05, 0) is 6.07 Å². The molecule has 1 aromatic heterocycles. The molecular weight excluding hydrogens is 258 g/mol. The molecule has 20 heavy (non-hydrogen) atoms. The van der Waals surface area contributed by atoms with Crippen molar-refractivity contribution in [2.45, 2.75) is 5.54 Å². The van der Waals surface area contributed by atoms with Crippen LogP contribution in [-0.4, -0.2) is 59.6 Å². The summed E-state index contributed by atoms with van der Waals surface area (Å²) in [6.07, 6.45) is 10.3. The Hall–Kier alpha value is -2.61. The van der Waals surface area contributed by atoms with E-state index < -0.39 is 5.54 Å². The largest absolute Gasteiger partial charge is 0.307 e. The average Bonchev–Trinajstić information content (AvgIpc) is 2.94. The van der Waals surface area contributed by atoms with Crippen LogP contribution in [0.3, 0.4) is 0 Å². The number of carbonyl (C=O) groups excluding carboxylic acids is 1. The van der Waals surface area contributed by atoms with Gasteiger partial charge in [0.1, 0.15) is 25.3 Å². The third-order valence-corrected chi connectivity index (χ3v) is 2.49. The van der Waals surface area contributed by atoms with Gasteiger partial charge in [0, 0.05) is 25.2 Å². The normalized spacial score (nSPS) is 21.7. The summed E-state index contributed by atoms with van der Waals surface area (Å²) in [7, 11) is 0. The van der Waals surface area contributed by atoms with Crippen LogP contribution >= 0.6 is 0 Å². The van der Waals surface area contributed by atoms with E-state index in [-0.39, 0.29) is 0 Å². The molecule has 1 atom stereocenters. The Morgan fingerprint density at radius 1 is 1.25 bits per heavy atom. The first-order valence-corrected chi connectivity index (χ1v) is 5.90. The number of fused-ring (bicyclic) bond motifs is 1. The van der Waals surface area contributed by atoms with Gasteiger partial charge in [0.15, 0.2) is 11.4 Å². The summed E-state index contributed by atoms with van der Waals surface area (Å²) in [5.74, 6) is 0.617. The molecule has 1 N–H and O–H groups in total. The number of hydrogen-bond acceptors (Lipinski definition) is 8. The fourth-order valence-electron chi connectivity index (χ4n) is 1.58. The zero-order valence-electron chi connectivity index (χ0n) is 10.6. The molecule has 2 aliphatic heterocycles. The number of carbonyl (C=O) groups is 1. The molecule has 8 heteroatoms. The summed E-state index contributed by atoms with van der Waals surface area (Å²) in [6.45, 7) is 0.782. The first kappa shape index (κ1) is 13.8. The van der Waals surface area contributed by atoms with E-state index >= 15 is 0 Å². The predicted molar refractivity (Wildman–Crippen MR) is 76.6 cm³/mol. The van der Waals surface area contributed by atoms with Crippen LogP contribution in [0.5, 0.6) is 0 Å². The first-order chi connectivity index (χ1) is 9.87. The van der Waals surface area contributed by atoms with Crippen LogP contribution in [0.1, 0.15) is 0 Å². The van der Waals surface area contributed by atoms with Crippen LogP contribution < -0.4 is 5.32 Å². The van der Waals surface area contributed by atoms with Crippen molar-refractivity contribution in [2.24, 2.45) is 20.0 Å². The Labute approximate surface area is 115 Å². The summed E-state index contributed by atoms with van der Waals surface area (Å²) in [5, 5.41) is 2.94. The van der Waals surface area contributed by atoms with E-state index in [1.54, 1.807) is 24.7 Å². The lowest BCUT2D eigenvalue weighted by Crippen LogP contribution is -2.46. The SMILES string of the molecule is O=CCNCC12C=NC=NC1=NC=N2.c1cncnc1. The Bertz CT molecular complexity index is 525. The molecule has 0 fully saturated rings. The molecule has 0 spiro atoms. The van der Waals surface area contributed by atoms with Crippen LogP contribution in [0.15, 0.2) is 44.8 Å². The third-order valence-electron chi connectivity index (χ3n) is 2.49. The highest BCUT2D eigenvalue weighted by Crippen LogP contribution is 2.17. The summed E-state index contributed by atoms with van der Waals surface area (Å²) < 4.78 is 0. The van der Waals surface area contributed by atoms with E-state index in [0.717, 1.165) is 6.29 Å². The molecule has 0 amide bonds. The van der Waals surface area contributed by atoms with Crippen molar-refractivity contribution in [3.63, 3.8) is 0 Å². The van der Waals surface area contributed by atoms with Gasteiger partial charge in [-0.25, -0.2) is 24.9 Å². The second-order valence-electron chi connectivity index (χ2n) is 3.85. The smallest absolute Gasteiger partial charge is 0.169 e. The Balaban J connectivity index is 0.000000205. The topological polar surface area (TPSA) is 104 Å². The van der Waals surface area contributed by atoms with E-state index in [1.807, 2.05) is 0 Å². The molecular formula is C12H13N7O. The molecule has 8 nitrogen and oxygen atoms in total. The molecule has 0 aliphatic carbocycles. The summed E-state index contributed by atoms with van der Waals surface area (Å²) >= 11 is 0. The molecule has 0 radical (unpaired) electrons. The van der Waals surface area contributed by atoms with Gasteiger partial charge in [-0.1, -0.05) is 0 Å². The van der Waals surface area contributed by atoms with Gasteiger partial charge in [-0.3, -0.25) is 4.99 Å². The lowest BCUT2D eigenvalue weighted by molar-refractivity contribution is -0.107. The average molecular weight is 271 g/mol. The zero-order chi connectivity index (χ0) is 14.1. The van der Waals surface area contributed by atoms with Crippen LogP contribution in [0.25, 0.3) is 0 Å². The number of aliphatic imine (C=N–C) groups is 4. The minimum atomic E-state index is -0.599. The standard InChI is InChI=1S/C8H9N5O.C4H4N2/c14-2-1-9-3-8-4-10-5-11-7(8)12-6-13-8;1-2-5-4-6-3-1/h2,4-6,9H,1,3H2;1-4H. The number of rotatable bonds is 4. The van der Waals surface area contributed by atoms with Crippen molar-refractivity contribution in [3.05, 3.63) is 24.8 Å². The van der Waals surface area contributed by atoms with Crippen molar-refractivity contribution < 1.29 is 4.79 Å². The maximum atomic E-state index is 10.1. The van der Waals surface area contributed by atoms with Crippen LogP contribution in [0.4, 0.5) is 0 Å². The molecule has 3 heterocycles. The number of nitrogens with zero attached hydrogens (tertiary/aromatic N) is 6. The molecule has 0 bridgehead atoms. The van der Waals surface area contributed by atoms with Gasteiger partial charge in [0.2, 0.25) is 0 Å². The van der Waals surface area contributed by atoms with Crippen molar-refractivity contribution >= 4 is 31.0 Å². The Kier molecular flexibility index (Phi) is 4.90. The van der Waals surface area contributed by atoms with Crippen molar-refractivity contribution in [1.82, 2.24) is 15.3 Å². The molecule has 1 aromatic rings. The minimum Gasteiger partial charge on any atom is -0.307 e. The van der Waals surface area contributed by atoms with Gasteiger partial charge in [0.25, 0.3) is 0 Å². The number of aromatic nitrogens is 2. The van der Waals surface area contributed by atoms with Gasteiger partial charge in [-0.15, -0.1) is 0 Å². The first-order valence-electron chi connectivity index (χ1n) is 5.90. The zero-order valence-corrected chi connectivity index (χ0v) is 10.6. The fourth-order valence-corrected chi connectivity index (χ4v) is 1.58. The number of nitrogens with one attached hydrogen (secondary N) is 1. The Morgan fingerprint density at radius 3 is 2.75 bits per heavy atom. The number of aldehydes is 1. The second kappa shape index (κ2) is 7.10. The monoisotopic (exact) mass is 271 g/mol. The minimum absolute atomic E-state index is 0.294. The highest BCUT2D eigenvalue weighted by atomic mass is 16.1. The molecule has 2 aliphatic rings. The second-order valence-corrected chi connectivity index (χ2v) is 3.85. The third kappa shape index (κ3) is 3.45. The van der Waals surface area contributed by atoms with Crippen molar-refractivity contribution in [1.29, 1.82) is 0 Å². The van der Waals surface area contributed by atoms with Gasteiger partial charge < -0.3 is 10.1 Å². The Morgan fingerprint density at radius 2 is 2.10 bits per heavy atom. The van der Waals surface area contributed by atoms with Crippen LogP contribution in [0, 0.1) is 0 Å². The molecule has 102 valence electrons. The van der Waals surface area contributed by atoms with Crippen molar-refractivity contribution in [2.75, 3.05) is 13.1 Å². The van der Waals surface area contributed by atoms with E-state index in [0.29, 0.717) is 18.9 Å². The van der Waals surface area contributed by atoms with E-state index in [1.165, 1.54) is 19.0 Å². The van der Waals surface area contributed by atoms with Crippen LogP contribution in [-0.2, 0) is 4.79 Å². The maximum Gasteiger partial charge on any atom is 0.169 e. The molecule has 0 saturated heterocycles. The number of amidine groups is 1. The summed E-state index contributed by atoms with van der Waals surface area (Å²) in [6, 6.07) is 1.78. The fraction of sp³-hybridized carbons (Fsp3) is 0.250. The van der Waals surface area contributed by atoms with Gasteiger partial charge in [0.05, 0.1) is 6.54 Å². The van der Waals surface area contributed by atoms with Crippen molar-refractivity contribution in [3.8, 4) is 0 Å². The van der Waals surface area contributed by atoms with E-state index in [9.17, 15) is 4.79 Å². The van der Waals surface area contributed by atoms with E-state index in [2.05, 4.69) is 35.3 Å². The quantitative estimate of drug-likeness (QED) is 0.591.